The van der Waals surface area contributed by atoms with Crippen molar-refractivity contribution in [2.24, 2.45) is 0 Å². The lowest BCUT2D eigenvalue weighted by atomic mass is 10.1. The van der Waals surface area contributed by atoms with E-state index >= 15 is 0 Å². The van der Waals surface area contributed by atoms with Crippen molar-refractivity contribution < 1.29 is 4.79 Å². The molecule has 1 unspecified atom stereocenters. The fourth-order valence-corrected chi connectivity index (χ4v) is 2.52. The lowest BCUT2D eigenvalue weighted by molar-refractivity contribution is -0.122. The normalized spacial score (nSPS) is 19.8. The van der Waals surface area contributed by atoms with Crippen molar-refractivity contribution in [1.82, 2.24) is 15.5 Å². The molecule has 4 heteroatoms. The summed E-state index contributed by atoms with van der Waals surface area (Å²) in [5.41, 5.74) is 1.33. The molecule has 4 nitrogen and oxygen atoms in total. The van der Waals surface area contributed by atoms with Gasteiger partial charge in [-0.3, -0.25) is 9.69 Å². The average molecular weight is 275 g/mol. The molecule has 20 heavy (non-hydrogen) atoms. The molecule has 110 valence electrons. The van der Waals surface area contributed by atoms with Crippen LogP contribution in [0.15, 0.2) is 30.3 Å². The summed E-state index contributed by atoms with van der Waals surface area (Å²) in [6.07, 6.45) is 2.01. The molecule has 1 saturated heterocycles. The predicted molar refractivity (Wildman–Crippen MR) is 81.7 cm³/mol. The maximum Gasteiger partial charge on any atom is 0.234 e. The fraction of sp³-hybridized carbons (Fsp3) is 0.562. The summed E-state index contributed by atoms with van der Waals surface area (Å²) in [5, 5.41) is 6.35. The highest BCUT2D eigenvalue weighted by molar-refractivity contribution is 5.78. The first-order valence-corrected chi connectivity index (χ1v) is 7.51. The Morgan fingerprint density at radius 2 is 2.20 bits per heavy atom. The summed E-state index contributed by atoms with van der Waals surface area (Å²) in [4.78, 5) is 14.1. The smallest absolute Gasteiger partial charge is 0.234 e. The van der Waals surface area contributed by atoms with Crippen LogP contribution in [0.25, 0.3) is 0 Å². The molecule has 1 amide bonds. The summed E-state index contributed by atoms with van der Waals surface area (Å²) < 4.78 is 0. The van der Waals surface area contributed by atoms with Crippen LogP contribution in [0.3, 0.4) is 0 Å². The highest BCUT2D eigenvalue weighted by Crippen LogP contribution is 2.02. The minimum absolute atomic E-state index is 0.145. The van der Waals surface area contributed by atoms with E-state index in [-0.39, 0.29) is 5.91 Å². The number of hydrogen-bond donors (Lipinski definition) is 2. The molecule has 0 spiro atoms. The van der Waals surface area contributed by atoms with Gasteiger partial charge in [-0.2, -0.15) is 0 Å². The van der Waals surface area contributed by atoms with Crippen LogP contribution >= 0.6 is 0 Å². The molecule has 0 aromatic heterocycles. The van der Waals surface area contributed by atoms with Crippen LogP contribution in [-0.4, -0.2) is 49.6 Å². The van der Waals surface area contributed by atoms with Gasteiger partial charge in [-0.05, 0) is 25.3 Å². The number of carbonyl (C=O) groups excluding carboxylic acids is 1. The number of aryl methyl sites for hydroxylation is 1. The molecule has 1 aromatic rings. The standard InChI is InChI=1S/C16H25N3O/c1-14-12-17-10-11-19(14)13-16(20)18-9-5-8-15-6-3-2-4-7-15/h2-4,6-7,14,17H,5,8-13H2,1H3,(H,18,20). The number of rotatable bonds is 6. The molecule has 2 rings (SSSR count). The second kappa shape index (κ2) is 8.02. The van der Waals surface area contributed by atoms with Crippen molar-refractivity contribution in [2.75, 3.05) is 32.7 Å². The Hall–Kier alpha value is -1.39. The Morgan fingerprint density at radius 1 is 1.40 bits per heavy atom. The quantitative estimate of drug-likeness (QED) is 0.762. The van der Waals surface area contributed by atoms with Crippen molar-refractivity contribution in [3.63, 3.8) is 0 Å². The van der Waals surface area contributed by atoms with Gasteiger partial charge in [0.2, 0.25) is 5.91 Å². The zero-order chi connectivity index (χ0) is 14.2. The van der Waals surface area contributed by atoms with Crippen LogP contribution in [0, 0.1) is 0 Å². The van der Waals surface area contributed by atoms with Gasteiger partial charge >= 0.3 is 0 Å². The van der Waals surface area contributed by atoms with E-state index in [9.17, 15) is 4.79 Å². The molecular weight excluding hydrogens is 250 g/mol. The van der Waals surface area contributed by atoms with Crippen molar-refractivity contribution in [3.05, 3.63) is 35.9 Å². The van der Waals surface area contributed by atoms with Crippen molar-refractivity contribution in [2.45, 2.75) is 25.8 Å². The number of carbonyl (C=O) groups is 1. The summed E-state index contributed by atoms with van der Waals surface area (Å²) >= 11 is 0. The average Bonchev–Trinajstić information content (AvgIpc) is 2.47. The maximum atomic E-state index is 11.9. The molecule has 1 fully saturated rings. The number of piperazine rings is 1. The predicted octanol–water partition coefficient (Wildman–Crippen LogP) is 1.03. The van der Waals surface area contributed by atoms with Crippen LogP contribution in [0.1, 0.15) is 18.9 Å². The van der Waals surface area contributed by atoms with Gasteiger partial charge in [-0.25, -0.2) is 0 Å². The highest BCUT2D eigenvalue weighted by Gasteiger charge is 2.19. The molecule has 1 aliphatic heterocycles. The fourth-order valence-electron chi connectivity index (χ4n) is 2.52. The third-order valence-corrected chi connectivity index (χ3v) is 3.79. The molecule has 0 radical (unpaired) electrons. The summed E-state index contributed by atoms with van der Waals surface area (Å²) in [6, 6.07) is 10.8. The molecule has 0 aliphatic carbocycles. The Morgan fingerprint density at radius 3 is 2.95 bits per heavy atom. The Labute approximate surface area is 121 Å². The number of hydrogen-bond acceptors (Lipinski definition) is 3. The van der Waals surface area contributed by atoms with Crippen molar-refractivity contribution >= 4 is 5.91 Å². The Bertz CT molecular complexity index is 407. The molecule has 1 atom stereocenters. The SMILES string of the molecule is CC1CNCCN1CC(=O)NCCCc1ccccc1. The topological polar surface area (TPSA) is 44.4 Å². The minimum atomic E-state index is 0.145. The minimum Gasteiger partial charge on any atom is -0.355 e. The zero-order valence-electron chi connectivity index (χ0n) is 12.3. The van der Waals surface area contributed by atoms with Gasteiger partial charge in [0.05, 0.1) is 6.54 Å². The van der Waals surface area contributed by atoms with Crippen molar-refractivity contribution in [1.29, 1.82) is 0 Å². The maximum absolute atomic E-state index is 11.9. The van der Waals surface area contributed by atoms with Crippen LogP contribution in [0.4, 0.5) is 0 Å². The van der Waals surface area contributed by atoms with Gasteiger partial charge in [0.25, 0.3) is 0 Å². The van der Waals surface area contributed by atoms with E-state index in [1.165, 1.54) is 5.56 Å². The van der Waals surface area contributed by atoms with Gasteiger partial charge in [0.1, 0.15) is 0 Å². The van der Waals surface area contributed by atoms with Crippen LogP contribution in [0.2, 0.25) is 0 Å². The van der Waals surface area contributed by atoms with Gasteiger partial charge in [-0.1, -0.05) is 30.3 Å². The molecule has 0 saturated carbocycles. The lowest BCUT2D eigenvalue weighted by Crippen LogP contribution is -2.52. The van der Waals surface area contributed by atoms with E-state index in [2.05, 4.69) is 46.7 Å². The third-order valence-electron chi connectivity index (χ3n) is 3.79. The second-order valence-corrected chi connectivity index (χ2v) is 5.46. The van der Waals surface area contributed by atoms with Crippen LogP contribution in [0.5, 0.6) is 0 Å². The van der Waals surface area contributed by atoms with E-state index in [4.69, 9.17) is 0 Å². The third kappa shape index (κ3) is 4.94. The molecular formula is C16H25N3O. The number of amides is 1. The first-order chi connectivity index (χ1) is 9.75. The lowest BCUT2D eigenvalue weighted by Gasteiger charge is -2.33. The van der Waals surface area contributed by atoms with E-state index in [1.54, 1.807) is 0 Å². The zero-order valence-corrected chi connectivity index (χ0v) is 12.3. The number of benzene rings is 1. The van der Waals surface area contributed by atoms with Gasteiger partial charge in [0, 0.05) is 32.2 Å². The van der Waals surface area contributed by atoms with E-state index in [0.717, 1.165) is 39.0 Å². The van der Waals surface area contributed by atoms with Gasteiger partial charge in [-0.15, -0.1) is 0 Å². The monoisotopic (exact) mass is 275 g/mol. The van der Waals surface area contributed by atoms with E-state index in [0.29, 0.717) is 12.6 Å². The molecule has 2 N–H and O–H groups in total. The van der Waals surface area contributed by atoms with Gasteiger partial charge in [0.15, 0.2) is 0 Å². The molecule has 1 aliphatic rings. The summed E-state index contributed by atoms with van der Waals surface area (Å²) in [5.74, 6) is 0.145. The second-order valence-electron chi connectivity index (χ2n) is 5.46. The Kier molecular flexibility index (Phi) is 6.02. The van der Waals surface area contributed by atoms with E-state index < -0.39 is 0 Å². The van der Waals surface area contributed by atoms with E-state index in [1.807, 2.05) is 6.07 Å². The van der Waals surface area contributed by atoms with Crippen LogP contribution < -0.4 is 10.6 Å². The first-order valence-electron chi connectivity index (χ1n) is 7.51. The molecule has 1 heterocycles. The first kappa shape index (κ1) is 15.0. The largest absolute Gasteiger partial charge is 0.355 e. The number of nitrogens with zero attached hydrogens (tertiary/aromatic N) is 1. The Balaban J connectivity index is 1.60. The van der Waals surface area contributed by atoms with Crippen LogP contribution in [-0.2, 0) is 11.2 Å². The molecule has 1 aromatic carbocycles. The number of nitrogens with one attached hydrogen (secondary N) is 2. The molecule has 0 bridgehead atoms. The van der Waals surface area contributed by atoms with Gasteiger partial charge < -0.3 is 10.6 Å². The highest BCUT2D eigenvalue weighted by atomic mass is 16.2. The summed E-state index contributed by atoms with van der Waals surface area (Å²) in [7, 11) is 0. The summed E-state index contributed by atoms with van der Waals surface area (Å²) in [6.45, 7) is 6.35. The van der Waals surface area contributed by atoms with Crippen molar-refractivity contribution in [3.8, 4) is 0 Å².